The SMILES string of the molecule is CC(C)N(CCCc1nc(CCl)cs1)Cc1ccccc1. The standard InChI is InChI=1S/C17H23ClN2S/c1-14(2)20(12-15-7-4-3-5-8-15)10-6-9-17-19-16(11-18)13-21-17/h3-5,7-8,13-14H,6,9-12H2,1-2H3. The lowest BCUT2D eigenvalue weighted by molar-refractivity contribution is 0.210. The Morgan fingerprint density at radius 3 is 2.62 bits per heavy atom. The lowest BCUT2D eigenvalue weighted by Gasteiger charge is -2.26. The molecule has 0 N–H and O–H groups in total. The van der Waals surface area contributed by atoms with Crippen molar-refractivity contribution < 1.29 is 0 Å². The fraction of sp³-hybridized carbons (Fsp3) is 0.471. The monoisotopic (exact) mass is 322 g/mol. The van der Waals surface area contributed by atoms with Gasteiger partial charge in [0.05, 0.1) is 16.6 Å². The number of hydrogen-bond acceptors (Lipinski definition) is 3. The lowest BCUT2D eigenvalue weighted by Crippen LogP contribution is -2.31. The van der Waals surface area contributed by atoms with E-state index in [4.69, 9.17) is 11.6 Å². The van der Waals surface area contributed by atoms with Crippen LogP contribution >= 0.6 is 22.9 Å². The zero-order valence-electron chi connectivity index (χ0n) is 12.8. The molecule has 0 unspecified atom stereocenters. The number of hydrogen-bond donors (Lipinski definition) is 0. The van der Waals surface area contributed by atoms with Crippen LogP contribution in [0.5, 0.6) is 0 Å². The maximum Gasteiger partial charge on any atom is 0.0929 e. The summed E-state index contributed by atoms with van der Waals surface area (Å²) >= 11 is 7.52. The van der Waals surface area contributed by atoms with E-state index in [9.17, 15) is 0 Å². The summed E-state index contributed by atoms with van der Waals surface area (Å²) in [6, 6.07) is 11.2. The first-order chi connectivity index (χ1) is 10.2. The predicted molar refractivity (Wildman–Crippen MR) is 92.0 cm³/mol. The van der Waals surface area contributed by atoms with Crippen LogP contribution in [-0.2, 0) is 18.8 Å². The summed E-state index contributed by atoms with van der Waals surface area (Å²) < 4.78 is 0. The van der Waals surface area contributed by atoms with Crippen LogP contribution in [0.25, 0.3) is 0 Å². The first kappa shape index (κ1) is 16.5. The van der Waals surface area contributed by atoms with Gasteiger partial charge in [-0.3, -0.25) is 4.90 Å². The van der Waals surface area contributed by atoms with Gasteiger partial charge in [0.2, 0.25) is 0 Å². The van der Waals surface area contributed by atoms with Gasteiger partial charge in [-0.25, -0.2) is 4.98 Å². The molecule has 0 amide bonds. The molecule has 0 aliphatic heterocycles. The number of nitrogens with zero attached hydrogens (tertiary/aromatic N) is 2. The fourth-order valence-corrected chi connectivity index (χ4v) is 3.36. The van der Waals surface area contributed by atoms with Crippen molar-refractivity contribution in [3.8, 4) is 0 Å². The van der Waals surface area contributed by atoms with Crippen LogP contribution in [0.1, 0.15) is 36.5 Å². The van der Waals surface area contributed by atoms with Gasteiger partial charge in [-0.1, -0.05) is 30.3 Å². The number of halogens is 1. The zero-order chi connectivity index (χ0) is 15.1. The van der Waals surface area contributed by atoms with Gasteiger partial charge in [-0.05, 0) is 32.4 Å². The van der Waals surface area contributed by atoms with Gasteiger partial charge in [0.1, 0.15) is 0 Å². The molecule has 21 heavy (non-hydrogen) atoms. The lowest BCUT2D eigenvalue weighted by atomic mass is 10.1. The van der Waals surface area contributed by atoms with Crippen molar-refractivity contribution in [2.75, 3.05) is 6.54 Å². The number of alkyl halides is 1. The summed E-state index contributed by atoms with van der Waals surface area (Å²) in [5, 5.41) is 3.26. The predicted octanol–water partition coefficient (Wildman–Crippen LogP) is 4.73. The van der Waals surface area contributed by atoms with Gasteiger partial charge in [0, 0.05) is 24.4 Å². The summed E-state index contributed by atoms with van der Waals surface area (Å²) in [6.07, 6.45) is 2.18. The highest BCUT2D eigenvalue weighted by Gasteiger charge is 2.10. The average Bonchev–Trinajstić information content (AvgIpc) is 2.95. The third-order valence-corrected chi connectivity index (χ3v) is 4.76. The van der Waals surface area contributed by atoms with E-state index in [0.717, 1.165) is 31.6 Å². The molecule has 1 heterocycles. The molecule has 4 heteroatoms. The van der Waals surface area contributed by atoms with Crippen LogP contribution in [0.15, 0.2) is 35.7 Å². The third-order valence-electron chi connectivity index (χ3n) is 3.53. The number of benzene rings is 1. The van der Waals surface area contributed by atoms with Gasteiger partial charge in [-0.2, -0.15) is 0 Å². The van der Waals surface area contributed by atoms with Gasteiger partial charge in [0.15, 0.2) is 0 Å². The zero-order valence-corrected chi connectivity index (χ0v) is 14.3. The van der Waals surface area contributed by atoms with Crippen molar-refractivity contribution in [2.45, 2.75) is 45.2 Å². The molecule has 1 aromatic heterocycles. The summed E-state index contributed by atoms with van der Waals surface area (Å²) in [6.45, 7) is 6.64. The number of aromatic nitrogens is 1. The van der Waals surface area contributed by atoms with Crippen molar-refractivity contribution in [2.24, 2.45) is 0 Å². The minimum Gasteiger partial charge on any atom is -0.297 e. The molecule has 0 spiro atoms. The van der Waals surface area contributed by atoms with Crippen molar-refractivity contribution in [1.82, 2.24) is 9.88 Å². The third kappa shape index (κ3) is 5.42. The van der Waals surface area contributed by atoms with E-state index in [2.05, 4.69) is 59.4 Å². The van der Waals surface area contributed by atoms with Gasteiger partial charge in [0.25, 0.3) is 0 Å². The molecule has 0 saturated heterocycles. The highest BCUT2D eigenvalue weighted by atomic mass is 35.5. The van der Waals surface area contributed by atoms with Gasteiger partial charge in [-0.15, -0.1) is 22.9 Å². The van der Waals surface area contributed by atoms with Crippen molar-refractivity contribution in [1.29, 1.82) is 0 Å². The Balaban J connectivity index is 1.82. The first-order valence-corrected chi connectivity index (χ1v) is 8.87. The first-order valence-electron chi connectivity index (χ1n) is 7.46. The minimum atomic E-state index is 0.516. The molecule has 2 rings (SSSR count). The Morgan fingerprint density at radius 1 is 1.24 bits per heavy atom. The summed E-state index contributed by atoms with van der Waals surface area (Å²) in [5.74, 6) is 0.516. The highest BCUT2D eigenvalue weighted by molar-refractivity contribution is 7.09. The van der Waals surface area contributed by atoms with E-state index >= 15 is 0 Å². The van der Waals surface area contributed by atoms with Crippen molar-refractivity contribution in [3.05, 3.63) is 52.0 Å². The average molecular weight is 323 g/mol. The quantitative estimate of drug-likeness (QED) is 0.653. The molecule has 0 fully saturated rings. The van der Waals surface area contributed by atoms with Crippen molar-refractivity contribution >= 4 is 22.9 Å². The Labute approximate surface area is 136 Å². The van der Waals surface area contributed by atoms with Crippen LogP contribution in [0, 0.1) is 0 Å². The number of thiazole rings is 1. The highest BCUT2D eigenvalue weighted by Crippen LogP contribution is 2.15. The molecule has 0 atom stereocenters. The maximum atomic E-state index is 5.79. The molecule has 0 aliphatic carbocycles. The molecule has 2 aromatic rings. The Kier molecular flexibility index (Phi) is 6.68. The van der Waals surface area contributed by atoms with Gasteiger partial charge >= 0.3 is 0 Å². The van der Waals surface area contributed by atoms with E-state index in [-0.39, 0.29) is 0 Å². The molecule has 0 radical (unpaired) electrons. The molecule has 0 aliphatic rings. The number of rotatable bonds is 8. The summed E-state index contributed by atoms with van der Waals surface area (Å²) in [4.78, 5) is 7.04. The number of aryl methyl sites for hydroxylation is 1. The largest absolute Gasteiger partial charge is 0.297 e. The van der Waals surface area contributed by atoms with Crippen LogP contribution in [0.4, 0.5) is 0 Å². The van der Waals surface area contributed by atoms with Gasteiger partial charge < -0.3 is 0 Å². The molecular formula is C17H23ClN2S. The Bertz CT molecular complexity index is 525. The smallest absolute Gasteiger partial charge is 0.0929 e. The summed E-state index contributed by atoms with van der Waals surface area (Å²) in [7, 11) is 0. The summed E-state index contributed by atoms with van der Waals surface area (Å²) in [5.41, 5.74) is 2.38. The molecule has 0 bridgehead atoms. The van der Waals surface area contributed by atoms with Crippen LogP contribution in [0.2, 0.25) is 0 Å². The minimum absolute atomic E-state index is 0.516. The molecule has 114 valence electrons. The fourth-order valence-electron chi connectivity index (χ4n) is 2.30. The normalized spacial score (nSPS) is 11.5. The second-order valence-electron chi connectivity index (χ2n) is 5.52. The molecule has 1 aromatic carbocycles. The maximum absolute atomic E-state index is 5.79. The second kappa shape index (κ2) is 8.52. The molecule has 2 nitrogen and oxygen atoms in total. The topological polar surface area (TPSA) is 16.1 Å². The Hall–Kier alpha value is -0.900. The van der Waals surface area contributed by atoms with Crippen LogP contribution in [0.3, 0.4) is 0 Å². The van der Waals surface area contributed by atoms with E-state index < -0.39 is 0 Å². The second-order valence-corrected chi connectivity index (χ2v) is 6.73. The Morgan fingerprint density at radius 2 is 2.00 bits per heavy atom. The van der Waals surface area contributed by atoms with Crippen molar-refractivity contribution in [3.63, 3.8) is 0 Å². The molecule has 0 saturated carbocycles. The van der Waals surface area contributed by atoms with E-state index in [0.29, 0.717) is 11.9 Å². The van der Waals surface area contributed by atoms with E-state index in [1.165, 1.54) is 10.6 Å². The molecular weight excluding hydrogens is 300 g/mol. The van der Waals surface area contributed by atoms with Crippen LogP contribution < -0.4 is 0 Å². The van der Waals surface area contributed by atoms with E-state index in [1.807, 2.05) is 0 Å². The van der Waals surface area contributed by atoms with Crippen LogP contribution in [-0.4, -0.2) is 22.5 Å². The van der Waals surface area contributed by atoms with E-state index in [1.54, 1.807) is 11.3 Å².